The number of benzene rings is 1. The Hall–Kier alpha value is -2.19. The van der Waals surface area contributed by atoms with Gasteiger partial charge in [-0.3, -0.25) is 4.90 Å². The summed E-state index contributed by atoms with van der Waals surface area (Å²) < 4.78 is 16.1. The average Bonchev–Trinajstić information content (AvgIpc) is 2.76. The molecule has 1 aromatic heterocycles. The van der Waals surface area contributed by atoms with Gasteiger partial charge in [-0.2, -0.15) is 5.26 Å². The van der Waals surface area contributed by atoms with Crippen molar-refractivity contribution in [2.75, 3.05) is 6.54 Å². The van der Waals surface area contributed by atoms with Crippen molar-refractivity contribution >= 4 is 0 Å². The van der Waals surface area contributed by atoms with Gasteiger partial charge in [-0.25, -0.2) is 9.37 Å². The predicted molar refractivity (Wildman–Crippen MR) is 76.9 cm³/mol. The van der Waals surface area contributed by atoms with Crippen molar-refractivity contribution in [2.45, 2.75) is 33.5 Å². The number of nitrogens with zero attached hydrogens (tertiary/aromatic N) is 4. The lowest BCUT2D eigenvalue weighted by Gasteiger charge is -2.28. The molecule has 0 radical (unpaired) electrons. The van der Waals surface area contributed by atoms with E-state index in [0.29, 0.717) is 24.2 Å². The predicted octanol–water partition coefficient (Wildman–Crippen LogP) is 2.53. The maximum absolute atomic E-state index is 13.9. The van der Waals surface area contributed by atoms with Crippen LogP contribution in [0.25, 0.3) is 0 Å². The Morgan fingerprint density at radius 1 is 1.33 bits per heavy atom. The highest BCUT2D eigenvalue weighted by molar-refractivity contribution is 5.33. The molecular formula is C16H17FN4. The maximum atomic E-state index is 13.9. The third kappa shape index (κ3) is 2.55. The van der Waals surface area contributed by atoms with Gasteiger partial charge in [-0.1, -0.05) is 0 Å². The first-order valence-corrected chi connectivity index (χ1v) is 7.02. The van der Waals surface area contributed by atoms with Crippen LogP contribution in [0.3, 0.4) is 0 Å². The summed E-state index contributed by atoms with van der Waals surface area (Å²) in [5.74, 6) is 0.781. The third-order valence-electron chi connectivity index (χ3n) is 4.11. The molecule has 0 unspecified atom stereocenters. The van der Waals surface area contributed by atoms with Crippen LogP contribution in [-0.2, 0) is 19.6 Å². The fourth-order valence-electron chi connectivity index (χ4n) is 2.80. The number of nitriles is 1. The molecule has 0 spiro atoms. The van der Waals surface area contributed by atoms with E-state index in [0.717, 1.165) is 24.6 Å². The van der Waals surface area contributed by atoms with E-state index in [1.54, 1.807) is 6.07 Å². The Labute approximate surface area is 123 Å². The molecule has 0 N–H and O–H groups in total. The average molecular weight is 284 g/mol. The van der Waals surface area contributed by atoms with Gasteiger partial charge >= 0.3 is 0 Å². The van der Waals surface area contributed by atoms with Crippen LogP contribution in [0.2, 0.25) is 0 Å². The molecular weight excluding hydrogens is 267 g/mol. The molecule has 0 aliphatic carbocycles. The van der Waals surface area contributed by atoms with Crippen LogP contribution in [-0.4, -0.2) is 21.0 Å². The molecule has 2 aromatic rings. The van der Waals surface area contributed by atoms with Crippen LogP contribution in [0.5, 0.6) is 0 Å². The maximum Gasteiger partial charge on any atom is 0.127 e. The Morgan fingerprint density at radius 2 is 2.14 bits per heavy atom. The zero-order chi connectivity index (χ0) is 15.0. The summed E-state index contributed by atoms with van der Waals surface area (Å²) in [5, 5.41) is 8.92. The Balaban J connectivity index is 1.80. The molecule has 1 aromatic carbocycles. The largest absolute Gasteiger partial charge is 0.330 e. The summed E-state index contributed by atoms with van der Waals surface area (Å²) in [5.41, 5.74) is 3.34. The summed E-state index contributed by atoms with van der Waals surface area (Å²) in [4.78, 5) is 6.74. The minimum atomic E-state index is -0.254. The summed E-state index contributed by atoms with van der Waals surface area (Å²) in [6.07, 6.45) is 0. The van der Waals surface area contributed by atoms with E-state index in [9.17, 15) is 4.39 Å². The molecule has 5 heteroatoms. The smallest absolute Gasteiger partial charge is 0.127 e. The molecule has 0 amide bonds. The summed E-state index contributed by atoms with van der Waals surface area (Å²) in [6, 6.07) is 6.57. The molecule has 1 aliphatic rings. The number of fused-ring (bicyclic) bond motifs is 1. The minimum Gasteiger partial charge on any atom is -0.330 e. The molecule has 0 saturated heterocycles. The van der Waals surface area contributed by atoms with Gasteiger partial charge in [0, 0.05) is 30.9 Å². The molecule has 1 aliphatic heterocycles. The van der Waals surface area contributed by atoms with Gasteiger partial charge < -0.3 is 4.57 Å². The van der Waals surface area contributed by atoms with Crippen molar-refractivity contribution in [2.24, 2.45) is 0 Å². The van der Waals surface area contributed by atoms with Gasteiger partial charge in [0.25, 0.3) is 0 Å². The number of aromatic nitrogens is 2. The summed E-state index contributed by atoms with van der Waals surface area (Å²) in [7, 11) is 0. The van der Waals surface area contributed by atoms with Crippen molar-refractivity contribution in [1.29, 1.82) is 5.26 Å². The first-order valence-electron chi connectivity index (χ1n) is 7.02. The number of hydrogen-bond donors (Lipinski definition) is 0. The van der Waals surface area contributed by atoms with Crippen molar-refractivity contribution < 1.29 is 4.39 Å². The second-order valence-corrected chi connectivity index (χ2v) is 5.48. The Kier molecular flexibility index (Phi) is 3.48. The first kappa shape index (κ1) is 13.8. The van der Waals surface area contributed by atoms with Gasteiger partial charge in [0.1, 0.15) is 11.6 Å². The standard InChI is InChI=1S/C16H17FN4/c1-11-12(2)21-6-5-20(10-16(21)19-11)9-14-7-13(8-18)3-4-15(14)17/h3-4,7H,5-6,9-10H2,1-2H3. The second-order valence-electron chi connectivity index (χ2n) is 5.48. The lowest BCUT2D eigenvalue weighted by Crippen LogP contribution is -2.34. The van der Waals surface area contributed by atoms with E-state index in [1.165, 1.54) is 17.8 Å². The monoisotopic (exact) mass is 284 g/mol. The molecule has 0 atom stereocenters. The van der Waals surface area contributed by atoms with E-state index in [1.807, 2.05) is 6.92 Å². The van der Waals surface area contributed by atoms with E-state index < -0.39 is 0 Å². The topological polar surface area (TPSA) is 44.9 Å². The van der Waals surface area contributed by atoms with Crippen molar-refractivity contribution in [3.8, 4) is 6.07 Å². The van der Waals surface area contributed by atoms with Crippen LogP contribution in [0, 0.1) is 31.0 Å². The zero-order valence-corrected chi connectivity index (χ0v) is 12.2. The molecule has 21 heavy (non-hydrogen) atoms. The van der Waals surface area contributed by atoms with Crippen LogP contribution < -0.4 is 0 Å². The number of hydrogen-bond acceptors (Lipinski definition) is 3. The normalized spacial score (nSPS) is 14.8. The number of rotatable bonds is 2. The molecule has 0 bridgehead atoms. The quantitative estimate of drug-likeness (QED) is 0.851. The highest BCUT2D eigenvalue weighted by Crippen LogP contribution is 2.20. The third-order valence-corrected chi connectivity index (χ3v) is 4.11. The lowest BCUT2D eigenvalue weighted by molar-refractivity contribution is 0.205. The van der Waals surface area contributed by atoms with Gasteiger partial charge in [0.2, 0.25) is 0 Å². The van der Waals surface area contributed by atoms with Crippen LogP contribution in [0.15, 0.2) is 18.2 Å². The van der Waals surface area contributed by atoms with Gasteiger partial charge in [-0.15, -0.1) is 0 Å². The van der Waals surface area contributed by atoms with Crippen LogP contribution >= 0.6 is 0 Å². The van der Waals surface area contributed by atoms with Crippen molar-refractivity contribution in [3.63, 3.8) is 0 Å². The number of imidazole rings is 1. The van der Waals surface area contributed by atoms with Crippen LogP contribution in [0.1, 0.15) is 28.3 Å². The molecule has 108 valence electrons. The van der Waals surface area contributed by atoms with Crippen molar-refractivity contribution in [1.82, 2.24) is 14.5 Å². The van der Waals surface area contributed by atoms with E-state index in [2.05, 4.69) is 27.4 Å². The number of aryl methyl sites for hydroxylation is 1. The second kappa shape index (κ2) is 5.30. The highest BCUT2D eigenvalue weighted by atomic mass is 19.1. The molecule has 0 fully saturated rings. The lowest BCUT2D eigenvalue weighted by atomic mass is 10.1. The first-order chi connectivity index (χ1) is 10.1. The molecule has 4 nitrogen and oxygen atoms in total. The Morgan fingerprint density at radius 3 is 2.90 bits per heavy atom. The van der Waals surface area contributed by atoms with Crippen LogP contribution in [0.4, 0.5) is 4.39 Å². The van der Waals surface area contributed by atoms with E-state index in [-0.39, 0.29) is 5.82 Å². The highest BCUT2D eigenvalue weighted by Gasteiger charge is 2.21. The van der Waals surface area contributed by atoms with E-state index >= 15 is 0 Å². The minimum absolute atomic E-state index is 0.254. The zero-order valence-electron chi connectivity index (χ0n) is 12.2. The fraction of sp³-hybridized carbons (Fsp3) is 0.375. The van der Waals surface area contributed by atoms with Crippen molar-refractivity contribution in [3.05, 3.63) is 52.4 Å². The summed E-state index contributed by atoms with van der Waals surface area (Å²) in [6.45, 7) is 7.05. The van der Waals surface area contributed by atoms with Gasteiger partial charge in [-0.05, 0) is 32.0 Å². The Bertz CT molecular complexity index is 727. The SMILES string of the molecule is Cc1nc2n(c1C)CCN(Cc1cc(C#N)ccc1F)C2. The molecule has 3 rings (SSSR count). The van der Waals surface area contributed by atoms with Gasteiger partial charge in [0.05, 0.1) is 23.9 Å². The molecule has 0 saturated carbocycles. The fourth-order valence-corrected chi connectivity index (χ4v) is 2.80. The summed E-state index contributed by atoms with van der Waals surface area (Å²) >= 11 is 0. The van der Waals surface area contributed by atoms with E-state index in [4.69, 9.17) is 5.26 Å². The van der Waals surface area contributed by atoms with Gasteiger partial charge in [0.15, 0.2) is 0 Å². The number of halogens is 1. The molecule has 2 heterocycles.